The maximum Gasteiger partial charge on any atom is 0.237 e. The summed E-state index contributed by atoms with van der Waals surface area (Å²) >= 11 is 0. The van der Waals surface area contributed by atoms with E-state index in [4.69, 9.17) is 15.3 Å². The van der Waals surface area contributed by atoms with E-state index in [-0.39, 0.29) is 17.1 Å². The van der Waals surface area contributed by atoms with Gasteiger partial charge in [-0.3, -0.25) is 5.43 Å². The zero-order valence-electron chi connectivity index (χ0n) is 9.07. The molecule has 1 aromatic carbocycles. The molecule has 0 radical (unpaired) electrons. The van der Waals surface area contributed by atoms with Crippen LogP contribution < -0.4 is 10.2 Å². The van der Waals surface area contributed by atoms with Crippen LogP contribution in [0.4, 0.5) is 10.1 Å². The van der Waals surface area contributed by atoms with Gasteiger partial charge in [-0.2, -0.15) is 15.6 Å². The number of rotatable bonds is 4. The van der Waals surface area contributed by atoms with Gasteiger partial charge in [0.2, 0.25) is 5.71 Å². The number of hydrazone groups is 1. The Bertz CT molecular complexity index is 497. The van der Waals surface area contributed by atoms with E-state index in [1.165, 1.54) is 18.2 Å². The second kappa shape index (κ2) is 6.09. The Balaban J connectivity index is 3.00. The van der Waals surface area contributed by atoms with Crippen LogP contribution in [0, 0.1) is 28.5 Å². The van der Waals surface area contributed by atoms with Gasteiger partial charge in [-0.05, 0) is 19.1 Å². The SMILES string of the molecule is CCOc1c(F)cccc1NN=C(C#N)C#N. The monoisotopic (exact) mass is 232 g/mol. The fraction of sp³-hybridized carbons (Fsp3) is 0.182. The highest BCUT2D eigenvalue weighted by molar-refractivity contribution is 6.10. The number of ether oxygens (including phenoxy) is 1. The fourth-order valence-corrected chi connectivity index (χ4v) is 1.08. The quantitative estimate of drug-likeness (QED) is 0.636. The average Bonchev–Trinajstić information content (AvgIpc) is 2.34. The van der Waals surface area contributed by atoms with Gasteiger partial charge in [-0.25, -0.2) is 4.39 Å². The summed E-state index contributed by atoms with van der Waals surface area (Å²) in [6.45, 7) is 2.01. The van der Waals surface area contributed by atoms with Crippen LogP contribution >= 0.6 is 0 Å². The van der Waals surface area contributed by atoms with Gasteiger partial charge in [0.1, 0.15) is 17.8 Å². The number of nitrogens with one attached hydrogen (secondary N) is 1. The number of halogens is 1. The highest BCUT2D eigenvalue weighted by atomic mass is 19.1. The van der Waals surface area contributed by atoms with Crippen LogP contribution in [-0.4, -0.2) is 12.3 Å². The Morgan fingerprint density at radius 3 is 2.76 bits per heavy atom. The van der Waals surface area contributed by atoms with E-state index in [9.17, 15) is 4.39 Å². The highest BCUT2D eigenvalue weighted by Crippen LogP contribution is 2.27. The molecule has 0 aromatic heterocycles. The molecule has 0 aliphatic carbocycles. The van der Waals surface area contributed by atoms with E-state index >= 15 is 0 Å². The molecule has 0 saturated carbocycles. The van der Waals surface area contributed by atoms with Gasteiger partial charge in [0.15, 0.2) is 11.6 Å². The molecule has 1 rings (SSSR count). The first kappa shape index (κ1) is 12.5. The van der Waals surface area contributed by atoms with Crippen molar-refractivity contribution in [3.63, 3.8) is 0 Å². The van der Waals surface area contributed by atoms with Gasteiger partial charge >= 0.3 is 0 Å². The molecule has 1 aromatic rings. The lowest BCUT2D eigenvalue weighted by Gasteiger charge is -2.09. The van der Waals surface area contributed by atoms with Crippen LogP contribution in [0.3, 0.4) is 0 Å². The van der Waals surface area contributed by atoms with Crippen LogP contribution in [0.5, 0.6) is 5.75 Å². The van der Waals surface area contributed by atoms with Crippen molar-refractivity contribution in [3.8, 4) is 17.9 Å². The average molecular weight is 232 g/mol. The molecule has 5 nitrogen and oxygen atoms in total. The second-order valence-corrected chi connectivity index (χ2v) is 2.85. The van der Waals surface area contributed by atoms with Crippen LogP contribution in [-0.2, 0) is 0 Å². The molecular weight excluding hydrogens is 223 g/mol. The summed E-state index contributed by atoms with van der Waals surface area (Å²) in [7, 11) is 0. The van der Waals surface area contributed by atoms with Crippen molar-refractivity contribution in [3.05, 3.63) is 24.0 Å². The maximum absolute atomic E-state index is 13.4. The van der Waals surface area contributed by atoms with E-state index in [2.05, 4.69) is 10.5 Å². The van der Waals surface area contributed by atoms with Crippen molar-refractivity contribution in [2.24, 2.45) is 5.10 Å². The summed E-state index contributed by atoms with van der Waals surface area (Å²) < 4.78 is 18.5. The van der Waals surface area contributed by atoms with E-state index < -0.39 is 5.82 Å². The largest absolute Gasteiger partial charge is 0.489 e. The molecule has 0 unspecified atom stereocenters. The molecule has 0 aliphatic heterocycles. The van der Waals surface area contributed by atoms with Crippen LogP contribution in [0.1, 0.15) is 6.92 Å². The van der Waals surface area contributed by atoms with Gasteiger partial charge in [0.25, 0.3) is 0 Å². The molecule has 0 fully saturated rings. The van der Waals surface area contributed by atoms with Crippen molar-refractivity contribution >= 4 is 11.4 Å². The minimum absolute atomic E-state index is 0.00831. The molecule has 86 valence electrons. The maximum atomic E-state index is 13.4. The van der Waals surface area contributed by atoms with Crippen LogP contribution in [0.25, 0.3) is 0 Å². The Morgan fingerprint density at radius 1 is 1.47 bits per heavy atom. The number of para-hydroxylation sites is 1. The first-order chi connectivity index (χ1) is 8.22. The van der Waals surface area contributed by atoms with Crippen molar-refractivity contribution < 1.29 is 9.13 Å². The third-order valence-corrected chi connectivity index (χ3v) is 1.76. The summed E-state index contributed by atoms with van der Waals surface area (Å²) in [5.41, 5.74) is 2.33. The van der Waals surface area contributed by atoms with E-state index in [0.717, 1.165) is 0 Å². The summed E-state index contributed by atoms with van der Waals surface area (Å²) in [5, 5.41) is 20.5. The number of anilines is 1. The van der Waals surface area contributed by atoms with Gasteiger partial charge in [-0.1, -0.05) is 6.07 Å². The van der Waals surface area contributed by atoms with Gasteiger partial charge < -0.3 is 4.74 Å². The van der Waals surface area contributed by atoms with Gasteiger partial charge in [0, 0.05) is 0 Å². The lowest BCUT2D eigenvalue weighted by atomic mass is 10.3. The number of hydrogen-bond acceptors (Lipinski definition) is 5. The third kappa shape index (κ3) is 3.18. The topological polar surface area (TPSA) is 81.2 Å². The molecule has 0 atom stereocenters. The Morgan fingerprint density at radius 2 is 2.18 bits per heavy atom. The summed E-state index contributed by atoms with van der Waals surface area (Å²) in [4.78, 5) is 0. The molecule has 0 spiro atoms. The first-order valence-electron chi connectivity index (χ1n) is 4.78. The molecule has 0 saturated heterocycles. The summed E-state index contributed by atoms with van der Waals surface area (Å²) in [6, 6.07) is 7.40. The Kier molecular flexibility index (Phi) is 4.46. The van der Waals surface area contributed by atoms with E-state index in [1.807, 2.05) is 0 Å². The smallest absolute Gasteiger partial charge is 0.237 e. The van der Waals surface area contributed by atoms with Crippen molar-refractivity contribution in [2.45, 2.75) is 6.92 Å². The number of nitriles is 2. The molecule has 6 heteroatoms. The van der Waals surface area contributed by atoms with Gasteiger partial charge in [-0.15, -0.1) is 0 Å². The fourth-order valence-electron chi connectivity index (χ4n) is 1.08. The minimum Gasteiger partial charge on any atom is -0.489 e. The number of benzene rings is 1. The predicted molar refractivity (Wildman–Crippen MR) is 59.9 cm³/mol. The normalized spacial score (nSPS) is 8.71. The van der Waals surface area contributed by atoms with Crippen LogP contribution in [0.2, 0.25) is 0 Å². The van der Waals surface area contributed by atoms with Gasteiger partial charge in [0.05, 0.1) is 6.61 Å². The zero-order chi connectivity index (χ0) is 12.7. The molecule has 0 bridgehead atoms. The second-order valence-electron chi connectivity index (χ2n) is 2.85. The Hall–Kier alpha value is -2.60. The zero-order valence-corrected chi connectivity index (χ0v) is 9.07. The highest BCUT2D eigenvalue weighted by Gasteiger charge is 2.08. The molecule has 17 heavy (non-hydrogen) atoms. The van der Waals surface area contributed by atoms with Crippen molar-refractivity contribution in [1.82, 2.24) is 0 Å². The van der Waals surface area contributed by atoms with Crippen molar-refractivity contribution in [1.29, 1.82) is 10.5 Å². The lowest BCUT2D eigenvalue weighted by Crippen LogP contribution is -2.01. The molecule has 1 N–H and O–H groups in total. The van der Waals surface area contributed by atoms with E-state index in [1.54, 1.807) is 19.1 Å². The third-order valence-electron chi connectivity index (χ3n) is 1.76. The van der Waals surface area contributed by atoms with E-state index in [0.29, 0.717) is 6.61 Å². The standard InChI is InChI=1S/C11H9FN4O/c1-2-17-11-9(12)4-3-5-10(11)16-15-8(6-13)7-14/h3-5,16H,2H2,1H3. The van der Waals surface area contributed by atoms with Crippen molar-refractivity contribution in [2.75, 3.05) is 12.0 Å². The summed E-state index contributed by atoms with van der Waals surface area (Å²) in [6.07, 6.45) is 0. The Labute approximate surface area is 97.7 Å². The molecular formula is C11H9FN4O. The first-order valence-corrected chi connectivity index (χ1v) is 4.78. The molecule has 0 heterocycles. The number of nitrogens with zero attached hydrogens (tertiary/aromatic N) is 3. The number of hydrogen-bond donors (Lipinski definition) is 1. The minimum atomic E-state index is -0.539. The summed E-state index contributed by atoms with van der Waals surface area (Å²) in [5.74, 6) is -0.531. The van der Waals surface area contributed by atoms with Crippen LogP contribution in [0.15, 0.2) is 23.3 Å². The predicted octanol–water partition coefficient (Wildman–Crippen LogP) is 2.04. The lowest BCUT2D eigenvalue weighted by molar-refractivity contribution is 0.323. The molecule has 0 amide bonds. The molecule has 0 aliphatic rings.